The van der Waals surface area contributed by atoms with Crippen molar-refractivity contribution in [3.63, 3.8) is 0 Å². The average Bonchev–Trinajstić information content (AvgIpc) is 2.91. The maximum atomic E-state index is 13.0. The van der Waals surface area contributed by atoms with Crippen LogP contribution in [0.4, 0.5) is 11.6 Å². The fourth-order valence-electron chi connectivity index (χ4n) is 3.59. The number of nitrogens with zero attached hydrogens (tertiary/aromatic N) is 2. The molecule has 39 heavy (non-hydrogen) atoms. The third kappa shape index (κ3) is 8.69. The SMILES string of the molecule is CS(=O)(=O)Nc1nccc(CCS(=O)(=O)Nc2ncccc2OCc2ccccc2)c1OCc1ccccc1. The van der Waals surface area contributed by atoms with Crippen molar-refractivity contribution in [2.45, 2.75) is 19.6 Å². The van der Waals surface area contributed by atoms with Crippen molar-refractivity contribution < 1.29 is 26.3 Å². The lowest BCUT2D eigenvalue weighted by molar-refractivity contribution is 0.304. The van der Waals surface area contributed by atoms with Gasteiger partial charge in [0.25, 0.3) is 0 Å². The van der Waals surface area contributed by atoms with Gasteiger partial charge in [0.2, 0.25) is 20.0 Å². The number of nitrogens with one attached hydrogen (secondary N) is 2. The molecular formula is C27H28N4O6S2. The predicted molar refractivity (Wildman–Crippen MR) is 150 cm³/mol. The molecule has 0 atom stereocenters. The van der Waals surface area contributed by atoms with Crippen LogP contribution in [0.2, 0.25) is 0 Å². The van der Waals surface area contributed by atoms with Crippen LogP contribution in [0.25, 0.3) is 0 Å². The van der Waals surface area contributed by atoms with Crippen molar-refractivity contribution >= 4 is 31.7 Å². The molecule has 2 heterocycles. The van der Waals surface area contributed by atoms with Gasteiger partial charge in [0, 0.05) is 18.0 Å². The van der Waals surface area contributed by atoms with Crippen LogP contribution in [0, 0.1) is 0 Å². The van der Waals surface area contributed by atoms with Gasteiger partial charge in [-0.15, -0.1) is 0 Å². The van der Waals surface area contributed by atoms with E-state index in [1.165, 1.54) is 12.4 Å². The molecule has 0 fully saturated rings. The summed E-state index contributed by atoms with van der Waals surface area (Å²) in [5.41, 5.74) is 2.25. The van der Waals surface area contributed by atoms with E-state index in [-0.39, 0.29) is 42.8 Å². The van der Waals surface area contributed by atoms with E-state index >= 15 is 0 Å². The smallest absolute Gasteiger partial charge is 0.234 e. The summed E-state index contributed by atoms with van der Waals surface area (Å²) in [7, 11) is -7.54. The van der Waals surface area contributed by atoms with Gasteiger partial charge in [-0.05, 0) is 35.7 Å². The van der Waals surface area contributed by atoms with Crippen LogP contribution >= 0.6 is 0 Å². The predicted octanol–water partition coefficient (Wildman–Crippen LogP) is 3.99. The van der Waals surface area contributed by atoms with Crippen LogP contribution in [-0.4, -0.2) is 38.8 Å². The molecule has 2 N–H and O–H groups in total. The van der Waals surface area contributed by atoms with Gasteiger partial charge in [-0.25, -0.2) is 26.8 Å². The van der Waals surface area contributed by atoms with Crippen molar-refractivity contribution in [3.8, 4) is 11.5 Å². The summed E-state index contributed by atoms with van der Waals surface area (Å²) >= 11 is 0. The van der Waals surface area contributed by atoms with Gasteiger partial charge < -0.3 is 9.47 Å². The first kappa shape index (κ1) is 27.9. The summed E-state index contributed by atoms with van der Waals surface area (Å²) in [4.78, 5) is 8.24. The molecule has 0 bridgehead atoms. The molecule has 12 heteroatoms. The molecule has 0 aliphatic heterocycles. The average molecular weight is 569 g/mol. The van der Waals surface area contributed by atoms with Crippen molar-refractivity contribution in [2.24, 2.45) is 0 Å². The molecular weight excluding hydrogens is 540 g/mol. The third-order valence-corrected chi connectivity index (χ3v) is 7.20. The first-order valence-electron chi connectivity index (χ1n) is 11.9. The summed E-state index contributed by atoms with van der Waals surface area (Å²) in [6.45, 7) is 0.384. The quantitative estimate of drug-likeness (QED) is 0.247. The van der Waals surface area contributed by atoms with Crippen molar-refractivity contribution in [2.75, 3.05) is 21.5 Å². The zero-order valence-electron chi connectivity index (χ0n) is 21.1. The number of ether oxygens (including phenoxy) is 2. The monoisotopic (exact) mass is 568 g/mol. The van der Waals surface area contributed by atoms with E-state index in [1.54, 1.807) is 18.2 Å². The number of anilines is 2. The molecule has 10 nitrogen and oxygen atoms in total. The van der Waals surface area contributed by atoms with Crippen LogP contribution < -0.4 is 18.9 Å². The standard InChI is InChI=1S/C27H28N4O6S2/c1-38(32,33)30-27-25(37-20-22-11-6-3-7-12-22)23(14-17-29-27)15-18-39(34,35)31-26-24(13-8-16-28-26)36-19-21-9-4-2-5-10-21/h2-14,16-17H,15,18-20H2,1H3,(H,28,31)(H,29,30). The maximum absolute atomic E-state index is 13.0. The van der Waals surface area contributed by atoms with Gasteiger partial charge in [0.1, 0.15) is 13.2 Å². The molecule has 0 aliphatic carbocycles. The highest BCUT2D eigenvalue weighted by Gasteiger charge is 2.20. The number of aryl methyl sites for hydroxylation is 1. The molecule has 204 valence electrons. The van der Waals surface area contributed by atoms with Crippen LogP contribution in [0.5, 0.6) is 11.5 Å². The molecule has 4 rings (SSSR count). The summed E-state index contributed by atoms with van der Waals surface area (Å²) < 4.78 is 66.4. The van der Waals surface area contributed by atoms with Crippen LogP contribution in [0.1, 0.15) is 16.7 Å². The van der Waals surface area contributed by atoms with Crippen LogP contribution in [0.3, 0.4) is 0 Å². The Morgan fingerprint density at radius 2 is 1.31 bits per heavy atom. The fourth-order valence-corrected chi connectivity index (χ4v) is 5.12. The zero-order chi connectivity index (χ0) is 27.7. The Kier molecular flexibility index (Phi) is 8.99. The molecule has 4 aromatic rings. The number of benzene rings is 2. The maximum Gasteiger partial charge on any atom is 0.234 e. The van der Waals surface area contributed by atoms with Gasteiger partial charge in [0.15, 0.2) is 23.1 Å². The molecule has 0 saturated carbocycles. The molecule has 0 radical (unpaired) electrons. The highest BCUT2D eigenvalue weighted by molar-refractivity contribution is 7.92. The second-order valence-electron chi connectivity index (χ2n) is 8.59. The van der Waals surface area contributed by atoms with E-state index in [0.29, 0.717) is 11.3 Å². The molecule has 2 aromatic heterocycles. The lowest BCUT2D eigenvalue weighted by Crippen LogP contribution is -2.20. The molecule has 0 unspecified atom stereocenters. The largest absolute Gasteiger partial charge is 0.485 e. The minimum Gasteiger partial charge on any atom is -0.485 e. The zero-order valence-corrected chi connectivity index (χ0v) is 22.8. The first-order valence-corrected chi connectivity index (χ1v) is 15.5. The fraction of sp³-hybridized carbons (Fsp3) is 0.185. The minimum atomic E-state index is -3.88. The number of pyridine rings is 2. The van der Waals surface area contributed by atoms with E-state index < -0.39 is 20.0 Å². The van der Waals surface area contributed by atoms with Crippen molar-refractivity contribution in [1.29, 1.82) is 0 Å². The highest BCUT2D eigenvalue weighted by Crippen LogP contribution is 2.30. The molecule has 0 aliphatic rings. The van der Waals surface area contributed by atoms with Gasteiger partial charge in [-0.1, -0.05) is 60.7 Å². The number of hydrogen-bond acceptors (Lipinski definition) is 8. The van der Waals surface area contributed by atoms with Crippen LogP contribution in [-0.2, 0) is 39.7 Å². The summed E-state index contributed by atoms with van der Waals surface area (Å²) in [5, 5.41) is 0. The minimum absolute atomic E-state index is 0.0161. The number of hydrogen-bond donors (Lipinski definition) is 2. The van der Waals surface area contributed by atoms with E-state index in [4.69, 9.17) is 9.47 Å². The molecule has 0 saturated heterocycles. The lowest BCUT2D eigenvalue weighted by Gasteiger charge is -2.16. The van der Waals surface area contributed by atoms with Crippen molar-refractivity contribution in [1.82, 2.24) is 9.97 Å². The highest BCUT2D eigenvalue weighted by atomic mass is 32.2. The van der Waals surface area contributed by atoms with E-state index in [1.807, 2.05) is 60.7 Å². The van der Waals surface area contributed by atoms with E-state index in [0.717, 1.165) is 17.4 Å². The Balaban J connectivity index is 1.49. The van der Waals surface area contributed by atoms with Gasteiger partial charge in [0.05, 0.1) is 12.0 Å². The molecule has 0 amide bonds. The normalized spacial score (nSPS) is 11.5. The molecule has 0 spiro atoms. The second kappa shape index (κ2) is 12.6. The molecule has 2 aromatic carbocycles. The third-order valence-electron chi connectivity index (χ3n) is 5.39. The Labute approximate surface area is 228 Å². The number of rotatable bonds is 13. The number of sulfonamides is 2. The van der Waals surface area contributed by atoms with E-state index in [9.17, 15) is 16.8 Å². The summed E-state index contributed by atoms with van der Waals surface area (Å²) in [6.07, 6.45) is 3.88. The summed E-state index contributed by atoms with van der Waals surface area (Å²) in [5.74, 6) is 0.180. The van der Waals surface area contributed by atoms with E-state index in [2.05, 4.69) is 19.4 Å². The topological polar surface area (TPSA) is 137 Å². The Bertz CT molecular complexity index is 1600. The van der Waals surface area contributed by atoms with Gasteiger partial charge in [-0.2, -0.15) is 0 Å². The van der Waals surface area contributed by atoms with Crippen molar-refractivity contribution in [3.05, 3.63) is 108 Å². The lowest BCUT2D eigenvalue weighted by atomic mass is 10.2. The summed E-state index contributed by atoms with van der Waals surface area (Å²) in [6, 6.07) is 23.7. The Morgan fingerprint density at radius 3 is 1.95 bits per heavy atom. The van der Waals surface area contributed by atoms with Gasteiger partial charge in [-0.3, -0.25) is 9.44 Å². The van der Waals surface area contributed by atoms with Gasteiger partial charge >= 0.3 is 0 Å². The Morgan fingerprint density at radius 1 is 0.692 bits per heavy atom. The number of aromatic nitrogens is 2. The Hall–Kier alpha value is -4.16. The van der Waals surface area contributed by atoms with Crippen LogP contribution in [0.15, 0.2) is 91.3 Å². The first-order chi connectivity index (χ1) is 18.7. The second-order valence-corrected chi connectivity index (χ2v) is 12.2.